The Morgan fingerprint density at radius 1 is 1.14 bits per heavy atom. The van der Waals surface area contributed by atoms with Crippen molar-refractivity contribution >= 4 is 23.4 Å². The lowest BCUT2D eigenvalue weighted by atomic mass is 10.0. The number of carboxylic acids is 1. The molecule has 0 aliphatic carbocycles. The van der Waals surface area contributed by atoms with E-state index in [0.29, 0.717) is 0 Å². The standard InChI is InChI=1S/C10H12N4O5.C6H12O6.C3H7NO2/c15-1-4-6(16)7(17)10(19-4)14-3-13-5-8(14)11-2-12-9(5)18;7-1-3(9)5(11)6(12)4(10)2-8;1-2(4)3(5)6/h2-4,6-7,10,15-17H,1H2,(H,11,12,18);1,3-6,8-12H,2H2;2H,4H2,1H3,(H,5,6)/t4-,6-,7-,10-;;/m1../s1. The van der Waals surface area contributed by atoms with E-state index in [4.69, 9.17) is 46.2 Å². The first-order valence-corrected chi connectivity index (χ1v) is 10.6. The summed E-state index contributed by atoms with van der Waals surface area (Å²) >= 11 is 0. The molecule has 1 aliphatic rings. The van der Waals surface area contributed by atoms with Gasteiger partial charge in [0.05, 0.1) is 19.5 Å². The van der Waals surface area contributed by atoms with E-state index >= 15 is 0 Å². The molecule has 3 rings (SSSR count). The molecule has 0 aromatic carbocycles. The third-order valence-corrected chi connectivity index (χ3v) is 4.94. The molecule has 18 nitrogen and oxygen atoms in total. The maximum absolute atomic E-state index is 9.92. The molecule has 2 aromatic rings. The number of aromatic hydroxyl groups is 1. The summed E-state index contributed by atoms with van der Waals surface area (Å²) in [6.07, 6.45) is -8.63. The van der Waals surface area contributed by atoms with Crippen molar-refractivity contribution < 1.29 is 65.4 Å². The summed E-state index contributed by atoms with van der Waals surface area (Å²) in [7, 11) is 0. The predicted molar refractivity (Wildman–Crippen MR) is 118 cm³/mol. The van der Waals surface area contributed by atoms with Gasteiger partial charge in [0.1, 0.15) is 55.1 Å². The van der Waals surface area contributed by atoms with Gasteiger partial charge in [-0.15, -0.1) is 0 Å². The van der Waals surface area contributed by atoms with Crippen molar-refractivity contribution in [2.24, 2.45) is 5.73 Å². The molecule has 1 aliphatic heterocycles. The highest BCUT2D eigenvalue weighted by atomic mass is 16.6. The minimum absolute atomic E-state index is 0.0258. The average Bonchev–Trinajstić information content (AvgIpc) is 3.44. The van der Waals surface area contributed by atoms with E-state index in [1.54, 1.807) is 0 Å². The van der Waals surface area contributed by atoms with Crippen LogP contribution in [0.3, 0.4) is 0 Å². The van der Waals surface area contributed by atoms with Crippen LogP contribution in [0.2, 0.25) is 0 Å². The van der Waals surface area contributed by atoms with Gasteiger partial charge in [0.2, 0.25) is 5.88 Å². The van der Waals surface area contributed by atoms with Gasteiger partial charge in [-0.25, -0.2) is 9.97 Å². The van der Waals surface area contributed by atoms with Crippen LogP contribution < -0.4 is 5.73 Å². The summed E-state index contributed by atoms with van der Waals surface area (Å²) in [5.74, 6) is -1.24. The molecule has 210 valence electrons. The largest absolute Gasteiger partial charge is 0.492 e. The third-order valence-electron chi connectivity index (χ3n) is 4.94. The van der Waals surface area contributed by atoms with Crippen molar-refractivity contribution in [3.05, 3.63) is 12.7 Å². The zero-order chi connectivity index (χ0) is 28.4. The van der Waals surface area contributed by atoms with Gasteiger partial charge in [-0.2, -0.15) is 4.98 Å². The number of nitrogens with zero attached hydrogens (tertiary/aromatic N) is 4. The number of carbonyl (C=O) groups excluding carboxylic acids is 1. The van der Waals surface area contributed by atoms with Gasteiger partial charge in [0.25, 0.3) is 0 Å². The van der Waals surface area contributed by atoms with Gasteiger partial charge >= 0.3 is 5.97 Å². The highest BCUT2D eigenvalue weighted by Crippen LogP contribution is 2.32. The third kappa shape index (κ3) is 8.30. The summed E-state index contributed by atoms with van der Waals surface area (Å²) in [6.45, 7) is 0.244. The van der Waals surface area contributed by atoms with E-state index in [-0.39, 0.29) is 23.3 Å². The molecule has 0 amide bonds. The van der Waals surface area contributed by atoms with Gasteiger partial charge in [0, 0.05) is 0 Å². The Morgan fingerprint density at radius 2 is 1.73 bits per heavy atom. The molecule has 3 heterocycles. The van der Waals surface area contributed by atoms with Crippen LogP contribution in [0, 0.1) is 0 Å². The summed E-state index contributed by atoms with van der Waals surface area (Å²) < 4.78 is 6.73. The minimum atomic E-state index is -1.79. The summed E-state index contributed by atoms with van der Waals surface area (Å²) in [4.78, 5) is 30.9. The molecule has 37 heavy (non-hydrogen) atoms. The molecule has 0 saturated carbocycles. The first-order valence-electron chi connectivity index (χ1n) is 10.6. The minimum Gasteiger partial charge on any atom is -0.492 e. The van der Waals surface area contributed by atoms with Crippen LogP contribution in [-0.4, -0.2) is 145 Å². The second-order valence-corrected chi connectivity index (χ2v) is 7.73. The molecule has 0 spiro atoms. The normalized spacial score (nSPS) is 25.0. The Hall–Kier alpha value is -2.91. The van der Waals surface area contributed by atoms with Crippen molar-refractivity contribution in [1.82, 2.24) is 19.5 Å². The van der Waals surface area contributed by atoms with Crippen LogP contribution in [0.25, 0.3) is 11.2 Å². The molecule has 9 atom stereocenters. The van der Waals surface area contributed by atoms with E-state index < -0.39 is 74.2 Å². The lowest BCUT2D eigenvalue weighted by Gasteiger charge is -2.22. The van der Waals surface area contributed by atoms with Gasteiger partial charge in [-0.05, 0) is 6.92 Å². The number of aliphatic carboxylic acids is 1. The van der Waals surface area contributed by atoms with E-state index in [1.807, 2.05) is 0 Å². The maximum atomic E-state index is 9.92. The van der Waals surface area contributed by atoms with Crippen LogP contribution >= 0.6 is 0 Å². The summed E-state index contributed by atoms with van der Waals surface area (Å²) in [6, 6.07) is -0.731. The highest BCUT2D eigenvalue weighted by molar-refractivity contribution is 5.75. The molecule has 0 bridgehead atoms. The highest BCUT2D eigenvalue weighted by Gasteiger charge is 2.44. The number of aliphatic hydroxyl groups excluding tert-OH is 8. The number of rotatable bonds is 8. The van der Waals surface area contributed by atoms with E-state index in [1.165, 1.54) is 17.8 Å². The van der Waals surface area contributed by atoms with Crippen molar-refractivity contribution in [3.8, 4) is 5.88 Å². The summed E-state index contributed by atoms with van der Waals surface area (Å²) in [5, 5.41) is 89.6. The van der Waals surface area contributed by atoms with Crippen LogP contribution in [0.4, 0.5) is 0 Å². The number of imidazole rings is 1. The van der Waals surface area contributed by atoms with Gasteiger partial charge in [-0.1, -0.05) is 0 Å². The number of carbonyl (C=O) groups is 2. The predicted octanol–water partition coefficient (Wildman–Crippen LogP) is -5.82. The van der Waals surface area contributed by atoms with Crippen LogP contribution in [0.1, 0.15) is 13.2 Å². The smallest absolute Gasteiger partial charge is 0.320 e. The molecule has 1 saturated heterocycles. The molecule has 0 radical (unpaired) electrons. The lowest BCUT2D eigenvalue weighted by Crippen LogP contribution is -2.46. The first-order chi connectivity index (χ1) is 17.3. The number of aldehydes is 1. The lowest BCUT2D eigenvalue weighted by molar-refractivity contribution is -0.138. The second-order valence-electron chi connectivity index (χ2n) is 7.73. The molecule has 18 heteroatoms. The van der Waals surface area contributed by atoms with Crippen molar-refractivity contribution in [1.29, 1.82) is 0 Å². The zero-order valence-electron chi connectivity index (χ0n) is 19.4. The Bertz CT molecular complexity index is 992. The number of carboxylic acid groups (broad SMARTS) is 1. The SMILES string of the molecule is CC(N)C(=O)O.O=CC(O)C(O)C(O)C(O)CO.OC[C@H]1O[C@@H](n2cnc3c(O)ncnc32)[C@H](O)[C@@H]1O. The van der Waals surface area contributed by atoms with E-state index in [9.17, 15) is 24.9 Å². The fourth-order valence-corrected chi connectivity index (χ4v) is 2.75. The van der Waals surface area contributed by atoms with Crippen LogP contribution in [0.15, 0.2) is 12.7 Å². The number of nitrogens with two attached hydrogens (primary N) is 1. The van der Waals surface area contributed by atoms with Crippen molar-refractivity contribution in [2.75, 3.05) is 13.2 Å². The van der Waals surface area contributed by atoms with Crippen molar-refractivity contribution in [3.63, 3.8) is 0 Å². The Labute approximate surface area is 208 Å². The number of fused-ring (bicyclic) bond motifs is 1. The van der Waals surface area contributed by atoms with Crippen molar-refractivity contribution in [2.45, 2.75) is 61.9 Å². The molecule has 1 fully saturated rings. The fourth-order valence-electron chi connectivity index (χ4n) is 2.75. The number of aromatic nitrogens is 4. The fraction of sp³-hybridized carbons (Fsp3) is 0.632. The quantitative estimate of drug-likeness (QED) is 0.140. The Kier molecular flexibility index (Phi) is 12.8. The number of hydrogen-bond acceptors (Lipinski definition) is 16. The topological polar surface area (TPSA) is 315 Å². The van der Waals surface area contributed by atoms with E-state index in [0.717, 1.165) is 6.33 Å². The summed E-state index contributed by atoms with van der Waals surface area (Å²) in [5.41, 5.74) is 5.27. The Morgan fingerprint density at radius 3 is 2.19 bits per heavy atom. The molecule has 5 unspecified atom stereocenters. The molecular formula is C19H31N5O13. The van der Waals surface area contributed by atoms with E-state index in [2.05, 4.69) is 15.0 Å². The average molecular weight is 537 g/mol. The molecule has 2 aromatic heterocycles. The monoisotopic (exact) mass is 537 g/mol. The van der Waals surface area contributed by atoms with Crippen LogP contribution in [0.5, 0.6) is 5.88 Å². The second kappa shape index (κ2) is 14.7. The van der Waals surface area contributed by atoms with Gasteiger partial charge in [0.15, 0.2) is 23.7 Å². The molecular weight excluding hydrogens is 506 g/mol. The first kappa shape index (κ1) is 32.1. The number of aliphatic hydroxyl groups is 8. The Balaban J connectivity index is 0.000000327. The zero-order valence-corrected chi connectivity index (χ0v) is 19.4. The van der Waals surface area contributed by atoms with Gasteiger partial charge < -0.3 is 66.3 Å². The maximum Gasteiger partial charge on any atom is 0.320 e. The van der Waals surface area contributed by atoms with Crippen LogP contribution in [-0.2, 0) is 14.3 Å². The molecule has 12 N–H and O–H groups in total. The van der Waals surface area contributed by atoms with Gasteiger partial charge in [-0.3, -0.25) is 9.36 Å². The number of ether oxygens (including phenoxy) is 1. The number of hydrogen-bond donors (Lipinski definition) is 11.